The number of methoxy groups -OCH3 is 1. The van der Waals surface area contributed by atoms with Crippen molar-refractivity contribution in [1.82, 2.24) is 15.5 Å². The highest BCUT2D eigenvalue weighted by Gasteiger charge is 2.12. The number of esters is 1. The molecule has 0 radical (unpaired) electrons. The molecule has 0 aromatic carbocycles. The first-order valence-corrected chi connectivity index (χ1v) is 6.84. The average Bonchev–Trinajstić information content (AvgIpc) is 2.44. The van der Waals surface area contributed by atoms with E-state index in [0.717, 1.165) is 19.3 Å². The molecular weight excluding hydrogens is 305 g/mol. The van der Waals surface area contributed by atoms with E-state index in [9.17, 15) is 9.59 Å². The van der Waals surface area contributed by atoms with Gasteiger partial charge in [0.05, 0.1) is 12.7 Å². The fourth-order valence-corrected chi connectivity index (χ4v) is 1.81. The fourth-order valence-electron chi connectivity index (χ4n) is 1.48. The minimum Gasteiger partial charge on any atom is -0.469 e. The molecule has 8 heteroatoms. The monoisotopic (exact) mass is 319 g/mol. The number of unbranched alkanes of at least 4 members (excludes halogenated alkanes) is 2. The zero-order chi connectivity index (χ0) is 15.0. The van der Waals surface area contributed by atoms with Crippen LogP contribution < -0.4 is 5.32 Å². The van der Waals surface area contributed by atoms with Crippen LogP contribution in [0.3, 0.4) is 0 Å². The van der Waals surface area contributed by atoms with E-state index in [1.54, 1.807) is 0 Å². The number of nitrogens with one attached hydrogen (secondary N) is 1. The first kappa shape index (κ1) is 16.7. The van der Waals surface area contributed by atoms with Gasteiger partial charge < -0.3 is 10.1 Å². The predicted octanol–water partition coefficient (Wildman–Crippen LogP) is 2.25. The molecule has 1 N–H and O–H groups in total. The van der Waals surface area contributed by atoms with E-state index < -0.39 is 0 Å². The highest BCUT2D eigenvalue weighted by molar-refractivity contribution is 6.34. The molecule has 0 aliphatic rings. The first-order valence-electron chi connectivity index (χ1n) is 6.08. The molecule has 1 heterocycles. The number of amides is 1. The van der Waals surface area contributed by atoms with Gasteiger partial charge in [-0.1, -0.05) is 29.6 Å². The Morgan fingerprint density at radius 2 is 2.00 bits per heavy atom. The molecule has 6 nitrogen and oxygen atoms in total. The topological polar surface area (TPSA) is 81.2 Å². The summed E-state index contributed by atoms with van der Waals surface area (Å²) >= 11 is 11.4. The second-order valence-electron chi connectivity index (χ2n) is 4.01. The molecule has 0 aliphatic heterocycles. The molecule has 0 aliphatic carbocycles. The van der Waals surface area contributed by atoms with Crippen LogP contribution in [-0.2, 0) is 9.53 Å². The number of nitrogens with zero attached hydrogens (tertiary/aromatic N) is 2. The number of carbonyl (C=O) groups excluding carboxylic acids is 2. The molecule has 0 fully saturated rings. The third kappa shape index (κ3) is 5.71. The number of hydrogen-bond acceptors (Lipinski definition) is 5. The van der Waals surface area contributed by atoms with Gasteiger partial charge in [-0.3, -0.25) is 9.59 Å². The Balaban J connectivity index is 2.27. The molecule has 0 spiro atoms. The van der Waals surface area contributed by atoms with E-state index in [2.05, 4.69) is 20.3 Å². The second kappa shape index (κ2) is 8.71. The van der Waals surface area contributed by atoms with Crippen LogP contribution in [0.25, 0.3) is 0 Å². The highest BCUT2D eigenvalue weighted by atomic mass is 35.5. The lowest BCUT2D eigenvalue weighted by atomic mass is 10.2. The summed E-state index contributed by atoms with van der Waals surface area (Å²) in [6.45, 7) is 0.482. The van der Waals surface area contributed by atoms with Gasteiger partial charge in [-0.05, 0) is 18.9 Å². The van der Waals surface area contributed by atoms with Crippen molar-refractivity contribution in [3.05, 3.63) is 21.9 Å². The molecule has 0 unspecified atom stereocenters. The number of aromatic nitrogens is 2. The van der Waals surface area contributed by atoms with E-state index in [0.29, 0.717) is 13.0 Å². The first-order chi connectivity index (χ1) is 9.54. The number of rotatable bonds is 7. The molecule has 1 aromatic rings. The molecular formula is C12H15Cl2N3O3. The zero-order valence-electron chi connectivity index (χ0n) is 11.0. The number of ether oxygens (including phenoxy) is 1. The van der Waals surface area contributed by atoms with E-state index in [1.807, 2.05) is 0 Å². The predicted molar refractivity (Wildman–Crippen MR) is 74.9 cm³/mol. The highest BCUT2D eigenvalue weighted by Crippen LogP contribution is 2.15. The molecule has 1 rings (SSSR count). The van der Waals surface area contributed by atoms with Gasteiger partial charge in [0.25, 0.3) is 5.91 Å². The van der Waals surface area contributed by atoms with Crippen molar-refractivity contribution in [1.29, 1.82) is 0 Å². The van der Waals surface area contributed by atoms with Gasteiger partial charge in [0.1, 0.15) is 0 Å². The molecule has 0 saturated heterocycles. The largest absolute Gasteiger partial charge is 0.469 e. The molecule has 110 valence electrons. The lowest BCUT2D eigenvalue weighted by Gasteiger charge is -2.06. The summed E-state index contributed by atoms with van der Waals surface area (Å²) in [5.74, 6) is -0.571. The van der Waals surface area contributed by atoms with Crippen LogP contribution in [0.4, 0.5) is 0 Å². The van der Waals surface area contributed by atoms with E-state index >= 15 is 0 Å². The smallest absolute Gasteiger partial charge is 0.305 e. The van der Waals surface area contributed by atoms with Crippen LogP contribution in [0.1, 0.15) is 36.0 Å². The molecule has 0 atom stereocenters. The van der Waals surface area contributed by atoms with Gasteiger partial charge in [0.15, 0.2) is 10.3 Å². The van der Waals surface area contributed by atoms with E-state index in [4.69, 9.17) is 23.2 Å². The number of halogens is 2. The summed E-state index contributed by atoms with van der Waals surface area (Å²) in [7, 11) is 1.36. The van der Waals surface area contributed by atoms with Gasteiger partial charge in [-0.15, -0.1) is 10.2 Å². The maximum atomic E-state index is 11.8. The Labute approximate surface area is 126 Å². The standard InChI is InChI=1S/C12H15Cl2N3O3/c1-20-10(18)5-3-2-4-6-15-12(19)8-7-9(13)16-17-11(8)14/h7H,2-6H2,1H3,(H,15,19). The summed E-state index contributed by atoms with van der Waals surface area (Å²) in [6.07, 6.45) is 2.69. The Hall–Kier alpha value is -1.40. The normalized spacial score (nSPS) is 10.2. The number of carbonyl (C=O) groups is 2. The quantitative estimate of drug-likeness (QED) is 0.615. The van der Waals surface area contributed by atoms with Gasteiger partial charge in [0, 0.05) is 13.0 Å². The maximum absolute atomic E-state index is 11.8. The lowest BCUT2D eigenvalue weighted by Crippen LogP contribution is -2.25. The second-order valence-corrected chi connectivity index (χ2v) is 4.76. The van der Waals surface area contributed by atoms with Crippen molar-refractivity contribution in [3.63, 3.8) is 0 Å². The van der Waals surface area contributed by atoms with Gasteiger partial charge in [-0.2, -0.15) is 0 Å². The summed E-state index contributed by atoms with van der Waals surface area (Å²) in [5, 5.41) is 9.91. The minimum absolute atomic E-state index is 0.0117. The SMILES string of the molecule is COC(=O)CCCCCNC(=O)c1cc(Cl)nnc1Cl. The Kier molecular flexibility index (Phi) is 7.25. The van der Waals surface area contributed by atoms with Crippen LogP contribution >= 0.6 is 23.2 Å². The lowest BCUT2D eigenvalue weighted by molar-refractivity contribution is -0.140. The molecule has 1 aromatic heterocycles. The maximum Gasteiger partial charge on any atom is 0.305 e. The van der Waals surface area contributed by atoms with E-state index in [1.165, 1.54) is 13.2 Å². The van der Waals surface area contributed by atoms with Crippen LogP contribution in [0.5, 0.6) is 0 Å². The molecule has 0 saturated carbocycles. The Bertz CT molecular complexity index is 483. The van der Waals surface area contributed by atoms with Crippen LogP contribution in [0.2, 0.25) is 10.3 Å². The third-order valence-electron chi connectivity index (χ3n) is 2.53. The average molecular weight is 320 g/mol. The van der Waals surface area contributed by atoms with Crippen molar-refractivity contribution in [3.8, 4) is 0 Å². The van der Waals surface area contributed by atoms with Crippen molar-refractivity contribution >= 4 is 35.1 Å². The minimum atomic E-state index is -0.347. The number of hydrogen-bond donors (Lipinski definition) is 1. The molecule has 1 amide bonds. The Morgan fingerprint density at radius 1 is 1.25 bits per heavy atom. The molecule has 0 bridgehead atoms. The van der Waals surface area contributed by atoms with Crippen molar-refractivity contribution in [2.45, 2.75) is 25.7 Å². The van der Waals surface area contributed by atoms with Crippen molar-refractivity contribution in [2.24, 2.45) is 0 Å². The van der Waals surface area contributed by atoms with Crippen LogP contribution in [-0.4, -0.2) is 35.7 Å². The van der Waals surface area contributed by atoms with Gasteiger partial charge in [-0.25, -0.2) is 0 Å². The van der Waals surface area contributed by atoms with Crippen LogP contribution in [0.15, 0.2) is 6.07 Å². The van der Waals surface area contributed by atoms with E-state index in [-0.39, 0.29) is 27.7 Å². The summed E-state index contributed by atoms with van der Waals surface area (Å²) in [4.78, 5) is 22.7. The third-order valence-corrected chi connectivity index (χ3v) is 3.00. The summed E-state index contributed by atoms with van der Waals surface area (Å²) < 4.78 is 4.53. The zero-order valence-corrected chi connectivity index (χ0v) is 12.5. The molecule has 20 heavy (non-hydrogen) atoms. The van der Waals surface area contributed by atoms with Gasteiger partial charge >= 0.3 is 5.97 Å². The van der Waals surface area contributed by atoms with Crippen molar-refractivity contribution < 1.29 is 14.3 Å². The van der Waals surface area contributed by atoms with Crippen molar-refractivity contribution in [2.75, 3.05) is 13.7 Å². The van der Waals surface area contributed by atoms with Gasteiger partial charge in [0.2, 0.25) is 0 Å². The Morgan fingerprint density at radius 3 is 2.70 bits per heavy atom. The summed E-state index contributed by atoms with van der Waals surface area (Å²) in [6, 6.07) is 1.36. The summed E-state index contributed by atoms with van der Waals surface area (Å²) in [5.41, 5.74) is 0.196. The fraction of sp³-hybridized carbons (Fsp3) is 0.500. The van der Waals surface area contributed by atoms with Crippen LogP contribution in [0, 0.1) is 0 Å².